The Kier molecular flexibility index (Phi) is 8.93. The molecule has 0 atom stereocenters. The number of ether oxygens (including phenoxy) is 2. The molecule has 3 rings (SSSR count). The number of carbonyl (C=O) groups excluding carboxylic acids is 2. The summed E-state index contributed by atoms with van der Waals surface area (Å²) in [5, 5.41) is 0. The summed E-state index contributed by atoms with van der Waals surface area (Å²) in [6.07, 6.45) is 10.8. The summed E-state index contributed by atoms with van der Waals surface area (Å²) in [6, 6.07) is 12.1. The Bertz CT molecular complexity index is 961. The van der Waals surface area contributed by atoms with Gasteiger partial charge in [0.05, 0.1) is 5.92 Å². The van der Waals surface area contributed by atoms with Gasteiger partial charge in [-0.25, -0.2) is 4.79 Å². The van der Waals surface area contributed by atoms with Crippen LogP contribution in [0.3, 0.4) is 0 Å². The first-order valence-electron chi connectivity index (χ1n) is 11.7. The van der Waals surface area contributed by atoms with Gasteiger partial charge in [-0.2, -0.15) is 0 Å². The molecule has 33 heavy (non-hydrogen) atoms. The third-order valence-electron chi connectivity index (χ3n) is 6.19. The normalized spacial score (nSPS) is 18.2. The molecule has 0 spiro atoms. The van der Waals surface area contributed by atoms with Gasteiger partial charge in [0, 0.05) is 23.0 Å². The number of anilines is 2. The van der Waals surface area contributed by atoms with Crippen LogP contribution in [0.5, 0.6) is 5.75 Å². The van der Waals surface area contributed by atoms with E-state index in [2.05, 4.69) is 6.92 Å². The van der Waals surface area contributed by atoms with Crippen molar-refractivity contribution in [2.45, 2.75) is 58.5 Å². The van der Waals surface area contributed by atoms with E-state index in [9.17, 15) is 9.59 Å². The van der Waals surface area contributed by atoms with Gasteiger partial charge in [0.25, 0.3) is 0 Å². The van der Waals surface area contributed by atoms with Crippen LogP contribution in [0.15, 0.2) is 48.5 Å². The second-order valence-corrected chi connectivity index (χ2v) is 8.75. The zero-order valence-electron chi connectivity index (χ0n) is 19.3. The molecule has 0 saturated heterocycles. The topological polar surface area (TPSA) is 105 Å². The molecule has 1 aliphatic carbocycles. The number of esters is 2. The number of rotatable bonds is 9. The minimum atomic E-state index is -0.484. The molecule has 6 nitrogen and oxygen atoms in total. The molecule has 0 unspecified atom stereocenters. The molecule has 0 aliphatic heterocycles. The number of benzene rings is 2. The maximum absolute atomic E-state index is 12.5. The Balaban J connectivity index is 1.44. The molecule has 1 aliphatic rings. The molecule has 0 amide bonds. The van der Waals surface area contributed by atoms with Crippen molar-refractivity contribution in [3.05, 3.63) is 59.7 Å². The van der Waals surface area contributed by atoms with E-state index >= 15 is 0 Å². The Hall–Kier alpha value is -3.28. The number of hydrogen-bond donors (Lipinski definition) is 2. The Labute approximate surface area is 195 Å². The molecule has 0 bridgehead atoms. The van der Waals surface area contributed by atoms with Crippen LogP contribution in [0.1, 0.15) is 63.0 Å². The van der Waals surface area contributed by atoms with Crippen LogP contribution in [0, 0.1) is 11.8 Å². The van der Waals surface area contributed by atoms with Gasteiger partial charge in [0.1, 0.15) is 12.4 Å². The van der Waals surface area contributed by atoms with Gasteiger partial charge < -0.3 is 20.9 Å². The van der Waals surface area contributed by atoms with E-state index < -0.39 is 5.97 Å². The summed E-state index contributed by atoms with van der Waals surface area (Å²) < 4.78 is 10.8. The third-order valence-corrected chi connectivity index (χ3v) is 6.19. The average molecular weight is 451 g/mol. The van der Waals surface area contributed by atoms with Crippen molar-refractivity contribution in [2.24, 2.45) is 11.8 Å². The van der Waals surface area contributed by atoms with E-state index in [1.165, 1.54) is 25.3 Å². The zero-order chi connectivity index (χ0) is 23.6. The summed E-state index contributed by atoms with van der Waals surface area (Å²) in [5.41, 5.74) is 14.1. The molecule has 2 aromatic rings. The predicted octanol–water partition coefficient (Wildman–Crippen LogP) is 5.51. The molecule has 6 heteroatoms. The maximum Gasteiger partial charge on any atom is 0.331 e. The Morgan fingerprint density at radius 3 is 2.45 bits per heavy atom. The van der Waals surface area contributed by atoms with Crippen molar-refractivity contribution < 1.29 is 19.1 Å². The first-order valence-corrected chi connectivity index (χ1v) is 11.7. The van der Waals surface area contributed by atoms with Gasteiger partial charge in [-0.1, -0.05) is 38.3 Å². The van der Waals surface area contributed by atoms with E-state index in [1.54, 1.807) is 48.5 Å². The zero-order valence-corrected chi connectivity index (χ0v) is 19.3. The summed E-state index contributed by atoms with van der Waals surface area (Å²) in [4.78, 5) is 24.5. The quantitative estimate of drug-likeness (QED) is 0.226. The second kappa shape index (κ2) is 12.1. The molecule has 0 radical (unpaired) electrons. The van der Waals surface area contributed by atoms with Crippen LogP contribution < -0.4 is 16.2 Å². The summed E-state index contributed by atoms with van der Waals surface area (Å²) in [7, 11) is 0. The number of carbonyl (C=O) groups is 2. The minimum absolute atomic E-state index is 0.00813. The van der Waals surface area contributed by atoms with Crippen LogP contribution in [-0.4, -0.2) is 11.9 Å². The van der Waals surface area contributed by atoms with Gasteiger partial charge in [-0.05, 0) is 73.6 Å². The first kappa shape index (κ1) is 24.4. The monoisotopic (exact) mass is 450 g/mol. The lowest BCUT2D eigenvalue weighted by atomic mass is 9.80. The molecular weight excluding hydrogens is 416 g/mol. The Morgan fingerprint density at radius 2 is 1.76 bits per heavy atom. The molecule has 0 heterocycles. The molecule has 1 saturated carbocycles. The van der Waals surface area contributed by atoms with E-state index in [-0.39, 0.29) is 18.5 Å². The number of hydrogen-bond acceptors (Lipinski definition) is 6. The molecular formula is C27H34N2O4. The fourth-order valence-electron chi connectivity index (χ4n) is 4.14. The van der Waals surface area contributed by atoms with E-state index in [4.69, 9.17) is 20.9 Å². The standard InChI is InChI=1S/C27H34N2O4/c1-2-3-4-19-5-10-21(11-6-19)27(31)33-24-13-7-20(8-14-24)9-16-26(30)32-18-22-17-23(28)12-15-25(22)29/h7-9,12-17,19,21H,2-6,10-11,18,28-29H2,1H3/b16-9+. The molecule has 2 aromatic carbocycles. The molecule has 1 fully saturated rings. The van der Waals surface area contributed by atoms with E-state index in [0.29, 0.717) is 22.7 Å². The van der Waals surface area contributed by atoms with Crippen LogP contribution in [0.25, 0.3) is 6.08 Å². The molecule has 176 valence electrons. The largest absolute Gasteiger partial charge is 0.458 e. The molecule has 4 N–H and O–H groups in total. The lowest BCUT2D eigenvalue weighted by molar-refractivity contribution is -0.140. The van der Waals surface area contributed by atoms with Crippen molar-refractivity contribution in [2.75, 3.05) is 11.5 Å². The van der Waals surface area contributed by atoms with Gasteiger partial charge >= 0.3 is 11.9 Å². The fraction of sp³-hybridized carbons (Fsp3) is 0.407. The lowest BCUT2D eigenvalue weighted by Gasteiger charge is -2.27. The van der Waals surface area contributed by atoms with Crippen LogP contribution in [0.4, 0.5) is 11.4 Å². The smallest absolute Gasteiger partial charge is 0.331 e. The summed E-state index contributed by atoms with van der Waals surface area (Å²) >= 11 is 0. The maximum atomic E-state index is 12.5. The van der Waals surface area contributed by atoms with Crippen molar-refractivity contribution in [1.82, 2.24) is 0 Å². The summed E-state index contributed by atoms with van der Waals surface area (Å²) in [5.74, 6) is 0.643. The summed E-state index contributed by atoms with van der Waals surface area (Å²) in [6.45, 7) is 2.27. The Morgan fingerprint density at radius 1 is 1.03 bits per heavy atom. The van der Waals surface area contributed by atoms with Crippen molar-refractivity contribution in [3.63, 3.8) is 0 Å². The number of unbranched alkanes of at least 4 members (excludes halogenated alkanes) is 1. The minimum Gasteiger partial charge on any atom is -0.458 e. The van der Waals surface area contributed by atoms with Crippen molar-refractivity contribution in [3.8, 4) is 5.75 Å². The third kappa shape index (κ3) is 7.67. The van der Waals surface area contributed by atoms with Crippen LogP contribution in [-0.2, 0) is 20.9 Å². The highest BCUT2D eigenvalue weighted by Crippen LogP contribution is 2.32. The SMILES string of the molecule is CCCCC1CCC(C(=O)Oc2ccc(/C=C/C(=O)OCc3cc(N)ccc3N)cc2)CC1. The van der Waals surface area contributed by atoms with Gasteiger partial charge in [-0.3, -0.25) is 4.79 Å². The predicted molar refractivity (Wildman–Crippen MR) is 131 cm³/mol. The number of nitrogen functional groups attached to an aromatic ring is 2. The van der Waals surface area contributed by atoms with Crippen LogP contribution in [0.2, 0.25) is 0 Å². The van der Waals surface area contributed by atoms with Gasteiger partial charge in [0.15, 0.2) is 0 Å². The highest BCUT2D eigenvalue weighted by Gasteiger charge is 2.27. The highest BCUT2D eigenvalue weighted by molar-refractivity contribution is 5.87. The van der Waals surface area contributed by atoms with Crippen molar-refractivity contribution in [1.29, 1.82) is 0 Å². The highest BCUT2D eigenvalue weighted by atomic mass is 16.5. The average Bonchev–Trinajstić information content (AvgIpc) is 2.83. The second-order valence-electron chi connectivity index (χ2n) is 8.75. The van der Waals surface area contributed by atoms with Gasteiger partial charge in [-0.15, -0.1) is 0 Å². The van der Waals surface area contributed by atoms with Gasteiger partial charge in [0.2, 0.25) is 0 Å². The fourth-order valence-corrected chi connectivity index (χ4v) is 4.14. The van der Waals surface area contributed by atoms with Crippen molar-refractivity contribution >= 4 is 29.4 Å². The van der Waals surface area contributed by atoms with Crippen LogP contribution >= 0.6 is 0 Å². The van der Waals surface area contributed by atoms with E-state index in [0.717, 1.165) is 37.2 Å². The first-order chi connectivity index (χ1) is 15.9. The van der Waals surface area contributed by atoms with E-state index in [1.807, 2.05) is 0 Å². The number of nitrogens with two attached hydrogens (primary N) is 2. The lowest BCUT2D eigenvalue weighted by Crippen LogP contribution is -2.25. The molecule has 0 aromatic heterocycles.